The molecule has 1 atom stereocenters. The first-order chi connectivity index (χ1) is 11.8. The van der Waals surface area contributed by atoms with Crippen LogP contribution in [-0.4, -0.2) is 18.3 Å². The highest BCUT2D eigenvalue weighted by atomic mass is 35.5. The molecule has 3 nitrogen and oxygen atoms in total. The molecule has 0 amide bonds. The number of hydrogen-bond acceptors (Lipinski definition) is 3. The maximum Gasteiger partial charge on any atom is 0.496 e. The fraction of sp³-hybridized carbons (Fsp3) is 0.400. The second kappa shape index (κ2) is 5.77. The van der Waals surface area contributed by atoms with Gasteiger partial charge in [0.25, 0.3) is 0 Å². The van der Waals surface area contributed by atoms with Crippen molar-refractivity contribution in [1.29, 1.82) is 0 Å². The summed E-state index contributed by atoms with van der Waals surface area (Å²) in [5.74, 6) is 0.864. The Morgan fingerprint density at radius 3 is 2.24 bits per heavy atom. The van der Waals surface area contributed by atoms with Crippen molar-refractivity contribution in [1.82, 2.24) is 0 Å². The van der Waals surface area contributed by atoms with Gasteiger partial charge < -0.3 is 14.0 Å². The number of fused-ring (bicyclic) bond motifs is 1. The zero-order chi connectivity index (χ0) is 17.8. The maximum atomic E-state index is 6.55. The van der Waals surface area contributed by atoms with E-state index in [2.05, 4.69) is 12.1 Å². The highest BCUT2D eigenvalue weighted by molar-refractivity contribution is 6.66. The number of ether oxygens (including phenoxy) is 1. The molecule has 2 aliphatic rings. The topological polar surface area (TPSA) is 27.7 Å². The lowest BCUT2D eigenvalue weighted by molar-refractivity contribution is 0.00578. The average molecular weight is 357 g/mol. The molecule has 2 aromatic rings. The second-order valence-electron chi connectivity index (χ2n) is 7.75. The Balaban J connectivity index is 1.70. The Kier molecular flexibility index (Phi) is 3.91. The van der Waals surface area contributed by atoms with Gasteiger partial charge in [-0.05, 0) is 51.0 Å². The first-order valence-corrected chi connectivity index (χ1v) is 9.05. The minimum absolute atomic E-state index is 0.00385. The van der Waals surface area contributed by atoms with Crippen molar-refractivity contribution in [2.45, 2.75) is 51.4 Å². The molecule has 0 radical (unpaired) electrons. The molecule has 0 aromatic heterocycles. The van der Waals surface area contributed by atoms with Crippen LogP contribution in [0.25, 0.3) is 0 Å². The van der Waals surface area contributed by atoms with Crippen molar-refractivity contribution >= 4 is 24.2 Å². The summed E-state index contributed by atoms with van der Waals surface area (Å²) >= 11 is 6.55. The van der Waals surface area contributed by atoms with E-state index in [4.69, 9.17) is 25.6 Å². The van der Waals surface area contributed by atoms with Crippen LogP contribution in [0.5, 0.6) is 5.75 Å². The molecule has 130 valence electrons. The Morgan fingerprint density at radius 2 is 1.60 bits per heavy atom. The molecule has 1 saturated heterocycles. The zero-order valence-corrected chi connectivity index (χ0v) is 15.8. The molecule has 0 aliphatic carbocycles. The first kappa shape index (κ1) is 17.0. The highest BCUT2D eigenvalue weighted by Gasteiger charge is 2.53. The van der Waals surface area contributed by atoms with Gasteiger partial charge >= 0.3 is 7.12 Å². The Morgan fingerprint density at radius 1 is 0.960 bits per heavy atom. The number of benzene rings is 2. The highest BCUT2D eigenvalue weighted by Crippen LogP contribution is 2.41. The minimum atomic E-state index is -0.481. The minimum Gasteiger partial charge on any atom is -0.485 e. The van der Waals surface area contributed by atoms with Gasteiger partial charge in [-0.3, -0.25) is 0 Å². The summed E-state index contributed by atoms with van der Waals surface area (Å²) in [6.07, 6.45) is 0.759. The van der Waals surface area contributed by atoms with E-state index in [-0.39, 0.29) is 6.10 Å². The van der Waals surface area contributed by atoms with E-state index in [1.54, 1.807) is 0 Å². The second-order valence-corrected chi connectivity index (χ2v) is 8.15. The van der Waals surface area contributed by atoms with Crippen molar-refractivity contribution < 1.29 is 14.0 Å². The summed E-state index contributed by atoms with van der Waals surface area (Å²) < 4.78 is 18.7. The predicted molar refractivity (Wildman–Crippen MR) is 101 cm³/mol. The molecule has 2 aliphatic heterocycles. The van der Waals surface area contributed by atoms with Crippen LogP contribution in [0.4, 0.5) is 0 Å². The summed E-state index contributed by atoms with van der Waals surface area (Å²) in [6.45, 7) is 8.20. The summed E-state index contributed by atoms with van der Waals surface area (Å²) in [4.78, 5) is 0. The molecule has 2 heterocycles. The van der Waals surface area contributed by atoms with Crippen LogP contribution in [0, 0.1) is 0 Å². The van der Waals surface area contributed by atoms with Crippen molar-refractivity contribution in [3.05, 3.63) is 58.6 Å². The fourth-order valence-corrected chi connectivity index (χ4v) is 3.65. The van der Waals surface area contributed by atoms with E-state index < -0.39 is 18.3 Å². The van der Waals surface area contributed by atoms with E-state index in [9.17, 15) is 0 Å². The van der Waals surface area contributed by atoms with Crippen LogP contribution < -0.4 is 10.2 Å². The Labute approximate surface area is 154 Å². The van der Waals surface area contributed by atoms with Crippen molar-refractivity contribution in [2.24, 2.45) is 0 Å². The quantitative estimate of drug-likeness (QED) is 0.750. The average Bonchev–Trinajstić information content (AvgIpc) is 3.06. The van der Waals surface area contributed by atoms with E-state index in [0.717, 1.165) is 28.8 Å². The third-order valence-corrected chi connectivity index (χ3v) is 5.91. The van der Waals surface area contributed by atoms with Gasteiger partial charge in [-0.2, -0.15) is 0 Å². The predicted octanol–water partition coefficient (Wildman–Crippen LogP) is 4.32. The lowest BCUT2D eigenvalue weighted by Gasteiger charge is -2.32. The molecule has 0 N–H and O–H groups in total. The molecular formula is C20H22BClO3. The maximum absolute atomic E-state index is 6.55. The summed E-state index contributed by atoms with van der Waals surface area (Å²) in [5, 5.41) is 0.662. The molecule has 2 aromatic carbocycles. The zero-order valence-electron chi connectivity index (χ0n) is 15.0. The van der Waals surface area contributed by atoms with Gasteiger partial charge in [0, 0.05) is 16.9 Å². The third kappa shape index (κ3) is 2.77. The van der Waals surface area contributed by atoms with Crippen molar-refractivity contribution in [2.75, 3.05) is 0 Å². The van der Waals surface area contributed by atoms with Crippen molar-refractivity contribution in [3.63, 3.8) is 0 Å². The van der Waals surface area contributed by atoms with Gasteiger partial charge in [-0.15, -0.1) is 0 Å². The van der Waals surface area contributed by atoms with Crippen LogP contribution >= 0.6 is 11.6 Å². The van der Waals surface area contributed by atoms with Crippen LogP contribution in [0.2, 0.25) is 5.02 Å². The van der Waals surface area contributed by atoms with Crippen LogP contribution in [0.1, 0.15) is 44.9 Å². The van der Waals surface area contributed by atoms with Gasteiger partial charge in [0.2, 0.25) is 0 Å². The first-order valence-electron chi connectivity index (χ1n) is 8.67. The van der Waals surface area contributed by atoms with Crippen molar-refractivity contribution in [3.8, 4) is 5.75 Å². The van der Waals surface area contributed by atoms with Gasteiger partial charge in [-0.25, -0.2) is 0 Å². The summed E-state index contributed by atoms with van der Waals surface area (Å²) in [5.41, 5.74) is 2.34. The molecule has 0 saturated carbocycles. The molecule has 0 spiro atoms. The van der Waals surface area contributed by atoms with Gasteiger partial charge in [0.1, 0.15) is 11.9 Å². The van der Waals surface area contributed by atoms with E-state index in [1.165, 1.54) is 0 Å². The lowest BCUT2D eigenvalue weighted by Crippen LogP contribution is -2.41. The molecule has 0 bridgehead atoms. The van der Waals surface area contributed by atoms with Gasteiger partial charge in [0.05, 0.1) is 11.2 Å². The van der Waals surface area contributed by atoms with Gasteiger partial charge in [-0.1, -0.05) is 41.9 Å². The Hall–Kier alpha value is -1.49. The van der Waals surface area contributed by atoms with E-state index >= 15 is 0 Å². The largest absolute Gasteiger partial charge is 0.496 e. The summed E-state index contributed by atoms with van der Waals surface area (Å²) in [7, 11) is -0.481. The monoisotopic (exact) mass is 356 g/mol. The van der Waals surface area contributed by atoms with Crippen LogP contribution in [0.15, 0.2) is 42.5 Å². The molecule has 25 heavy (non-hydrogen) atoms. The third-order valence-electron chi connectivity index (χ3n) is 5.58. The van der Waals surface area contributed by atoms with Crippen LogP contribution in [0.3, 0.4) is 0 Å². The van der Waals surface area contributed by atoms with Gasteiger partial charge in [0.15, 0.2) is 0 Å². The van der Waals surface area contributed by atoms with Crippen LogP contribution in [-0.2, 0) is 15.7 Å². The van der Waals surface area contributed by atoms with E-state index in [0.29, 0.717) is 5.02 Å². The Bertz CT molecular complexity index is 788. The molecule has 1 unspecified atom stereocenters. The molecule has 1 fully saturated rings. The lowest BCUT2D eigenvalue weighted by atomic mass is 9.74. The molecular weight excluding hydrogens is 334 g/mol. The summed E-state index contributed by atoms with van der Waals surface area (Å²) in [6, 6.07) is 14.1. The molecule has 5 heteroatoms. The SMILES string of the molecule is CC1(C)OB(c2c(Cl)ccc3c2CC(c2ccccc2)O3)OC1(C)C. The number of rotatable bonds is 2. The standard InChI is InChI=1S/C20H22BClO3/c1-19(2)20(3,4)25-21(24-19)18-14-12-17(13-8-6-5-7-9-13)23-16(14)11-10-15(18)22/h5-11,17H,12H2,1-4H3. The fourth-order valence-electron chi connectivity index (χ4n) is 3.39. The molecule has 4 rings (SSSR count). The smallest absolute Gasteiger partial charge is 0.485 e. The number of halogens is 1. The van der Waals surface area contributed by atoms with E-state index in [1.807, 2.05) is 58.0 Å². The number of hydrogen-bond donors (Lipinski definition) is 0. The normalized spacial score (nSPS) is 23.4.